The van der Waals surface area contributed by atoms with Crippen molar-refractivity contribution in [1.82, 2.24) is 15.5 Å². The van der Waals surface area contributed by atoms with Gasteiger partial charge < -0.3 is 10.6 Å². The van der Waals surface area contributed by atoms with Crippen LogP contribution >= 0.6 is 23.2 Å². The molecule has 1 heterocycles. The molecule has 1 aromatic carbocycles. The topological polar surface area (TPSA) is 66.9 Å². The van der Waals surface area contributed by atoms with E-state index in [1.54, 1.807) is 30.5 Å². The van der Waals surface area contributed by atoms with Crippen molar-refractivity contribution in [2.24, 2.45) is 0 Å². The molecule has 0 saturated carbocycles. The molecule has 104 valence electrons. The van der Waals surface area contributed by atoms with E-state index in [1.165, 1.54) is 0 Å². The largest absolute Gasteiger partial charge is 0.322 e. The minimum atomic E-state index is -0.233. The molecule has 0 aliphatic carbocycles. The van der Waals surface area contributed by atoms with Crippen LogP contribution in [-0.4, -0.2) is 22.6 Å². The summed E-state index contributed by atoms with van der Waals surface area (Å²) in [6.45, 7) is 0.579. The monoisotopic (exact) mass is 310 g/mol. The first-order valence-electron chi connectivity index (χ1n) is 5.88. The van der Waals surface area contributed by atoms with E-state index in [0.29, 0.717) is 22.3 Å². The van der Waals surface area contributed by atoms with Crippen LogP contribution in [-0.2, 0) is 11.3 Å². The van der Waals surface area contributed by atoms with Crippen LogP contribution in [0, 0.1) is 0 Å². The number of benzene rings is 1. The maximum atomic E-state index is 11.8. The molecule has 2 aromatic rings. The van der Waals surface area contributed by atoms with E-state index in [0.717, 1.165) is 5.69 Å². The fourth-order valence-corrected chi connectivity index (χ4v) is 2.02. The SMILES string of the molecule is O=C(CNCc1cccnn1)Nc1c(Cl)cccc1Cl. The highest BCUT2D eigenvalue weighted by molar-refractivity contribution is 6.39. The Kier molecular flexibility index (Phi) is 5.29. The van der Waals surface area contributed by atoms with Gasteiger partial charge >= 0.3 is 0 Å². The van der Waals surface area contributed by atoms with Gasteiger partial charge in [0.1, 0.15) is 0 Å². The van der Waals surface area contributed by atoms with Gasteiger partial charge in [0.2, 0.25) is 5.91 Å². The molecular weight excluding hydrogens is 299 g/mol. The lowest BCUT2D eigenvalue weighted by Gasteiger charge is -2.09. The van der Waals surface area contributed by atoms with Crippen molar-refractivity contribution in [2.45, 2.75) is 6.54 Å². The quantitative estimate of drug-likeness (QED) is 0.890. The summed E-state index contributed by atoms with van der Waals surface area (Å²) in [7, 11) is 0. The predicted octanol–water partition coefficient (Wildman–Crippen LogP) is 2.51. The molecule has 0 radical (unpaired) electrons. The van der Waals surface area contributed by atoms with Gasteiger partial charge in [0.05, 0.1) is 28.0 Å². The predicted molar refractivity (Wildman–Crippen MR) is 78.8 cm³/mol. The highest BCUT2D eigenvalue weighted by Gasteiger charge is 2.09. The third kappa shape index (κ3) is 4.16. The molecule has 2 rings (SSSR count). The molecular formula is C13H12Cl2N4O. The van der Waals surface area contributed by atoms with Gasteiger partial charge in [-0.3, -0.25) is 4.79 Å². The molecule has 1 aromatic heterocycles. The Hall–Kier alpha value is -1.69. The highest BCUT2D eigenvalue weighted by Crippen LogP contribution is 2.29. The van der Waals surface area contributed by atoms with Crippen LogP contribution in [0.2, 0.25) is 10.0 Å². The fraction of sp³-hybridized carbons (Fsp3) is 0.154. The second-order valence-corrected chi connectivity index (χ2v) is 4.78. The van der Waals surface area contributed by atoms with Gasteiger partial charge in [-0.2, -0.15) is 10.2 Å². The van der Waals surface area contributed by atoms with Gasteiger partial charge in [-0.15, -0.1) is 0 Å². The number of nitrogens with one attached hydrogen (secondary N) is 2. The summed E-state index contributed by atoms with van der Waals surface area (Å²) in [5.41, 5.74) is 1.18. The number of carbonyl (C=O) groups is 1. The van der Waals surface area contributed by atoms with Gasteiger partial charge in [0.15, 0.2) is 0 Å². The first kappa shape index (κ1) is 14.7. The van der Waals surface area contributed by atoms with Crippen LogP contribution in [0.25, 0.3) is 0 Å². The first-order chi connectivity index (χ1) is 9.66. The number of rotatable bonds is 5. The van der Waals surface area contributed by atoms with E-state index in [1.807, 2.05) is 6.07 Å². The van der Waals surface area contributed by atoms with Crippen LogP contribution in [0.5, 0.6) is 0 Å². The molecule has 0 saturated heterocycles. The van der Waals surface area contributed by atoms with Crippen molar-refractivity contribution in [3.8, 4) is 0 Å². The Balaban J connectivity index is 1.84. The molecule has 20 heavy (non-hydrogen) atoms. The van der Waals surface area contributed by atoms with E-state index in [9.17, 15) is 4.79 Å². The Morgan fingerprint density at radius 1 is 1.15 bits per heavy atom. The number of nitrogens with zero attached hydrogens (tertiary/aromatic N) is 2. The normalized spacial score (nSPS) is 10.3. The summed E-state index contributed by atoms with van der Waals surface area (Å²) < 4.78 is 0. The summed E-state index contributed by atoms with van der Waals surface area (Å²) in [4.78, 5) is 11.8. The number of carbonyl (C=O) groups excluding carboxylic acids is 1. The number of para-hydroxylation sites is 1. The number of hydrogen-bond donors (Lipinski definition) is 2. The molecule has 5 nitrogen and oxygen atoms in total. The second-order valence-electron chi connectivity index (χ2n) is 3.96. The van der Waals surface area contributed by atoms with E-state index in [-0.39, 0.29) is 12.5 Å². The Morgan fingerprint density at radius 3 is 2.55 bits per heavy atom. The lowest BCUT2D eigenvalue weighted by molar-refractivity contribution is -0.115. The van der Waals surface area contributed by atoms with E-state index in [4.69, 9.17) is 23.2 Å². The lowest BCUT2D eigenvalue weighted by atomic mass is 10.3. The molecule has 0 unspecified atom stereocenters. The molecule has 0 atom stereocenters. The average molecular weight is 311 g/mol. The van der Waals surface area contributed by atoms with Crippen LogP contribution in [0.1, 0.15) is 5.69 Å². The van der Waals surface area contributed by atoms with Crippen molar-refractivity contribution in [2.75, 3.05) is 11.9 Å². The van der Waals surface area contributed by atoms with Gasteiger partial charge in [0, 0.05) is 12.7 Å². The molecule has 0 aliphatic heterocycles. The highest BCUT2D eigenvalue weighted by atomic mass is 35.5. The van der Waals surface area contributed by atoms with Crippen molar-refractivity contribution in [1.29, 1.82) is 0 Å². The summed E-state index contributed by atoms with van der Waals surface area (Å²) >= 11 is 11.9. The van der Waals surface area contributed by atoms with Crippen LogP contribution in [0.15, 0.2) is 36.5 Å². The third-order valence-corrected chi connectivity index (χ3v) is 3.08. The number of anilines is 1. The second kappa shape index (κ2) is 7.19. The zero-order valence-corrected chi connectivity index (χ0v) is 11.9. The number of amides is 1. The van der Waals surface area contributed by atoms with Gasteiger partial charge in [-0.25, -0.2) is 0 Å². The Morgan fingerprint density at radius 2 is 1.90 bits per heavy atom. The summed E-state index contributed by atoms with van der Waals surface area (Å²) in [6.07, 6.45) is 1.59. The molecule has 0 aliphatic rings. The smallest absolute Gasteiger partial charge is 0.238 e. The molecule has 0 fully saturated rings. The molecule has 0 spiro atoms. The van der Waals surface area contributed by atoms with E-state index >= 15 is 0 Å². The molecule has 2 N–H and O–H groups in total. The molecule has 1 amide bonds. The van der Waals surface area contributed by atoms with Crippen molar-refractivity contribution in [3.63, 3.8) is 0 Å². The molecule has 7 heteroatoms. The van der Waals surface area contributed by atoms with Crippen LogP contribution < -0.4 is 10.6 Å². The zero-order valence-electron chi connectivity index (χ0n) is 10.4. The Labute approximate surface area is 126 Å². The van der Waals surface area contributed by atoms with Crippen LogP contribution in [0.3, 0.4) is 0 Å². The summed E-state index contributed by atoms with van der Waals surface area (Å²) in [6, 6.07) is 8.65. The Bertz CT molecular complexity index is 572. The minimum absolute atomic E-state index is 0.123. The van der Waals surface area contributed by atoms with Gasteiger partial charge in [-0.05, 0) is 24.3 Å². The van der Waals surface area contributed by atoms with E-state index < -0.39 is 0 Å². The third-order valence-electron chi connectivity index (χ3n) is 2.45. The number of halogens is 2. The lowest BCUT2D eigenvalue weighted by Crippen LogP contribution is -2.28. The van der Waals surface area contributed by atoms with Crippen LogP contribution in [0.4, 0.5) is 5.69 Å². The minimum Gasteiger partial charge on any atom is -0.322 e. The van der Waals surface area contributed by atoms with Crippen molar-refractivity contribution in [3.05, 3.63) is 52.3 Å². The van der Waals surface area contributed by atoms with Gasteiger partial charge in [0.25, 0.3) is 0 Å². The van der Waals surface area contributed by atoms with E-state index in [2.05, 4.69) is 20.8 Å². The molecule has 0 bridgehead atoms. The first-order valence-corrected chi connectivity index (χ1v) is 6.63. The van der Waals surface area contributed by atoms with Crippen molar-refractivity contribution < 1.29 is 4.79 Å². The average Bonchev–Trinajstić information content (AvgIpc) is 2.44. The number of hydrogen-bond acceptors (Lipinski definition) is 4. The van der Waals surface area contributed by atoms with Crippen molar-refractivity contribution >= 4 is 34.8 Å². The maximum Gasteiger partial charge on any atom is 0.238 e. The maximum absolute atomic E-state index is 11.8. The summed E-state index contributed by atoms with van der Waals surface area (Å²) in [5, 5.41) is 14.1. The zero-order chi connectivity index (χ0) is 14.4. The van der Waals surface area contributed by atoms with Gasteiger partial charge in [-0.1, -0.05) is 29.3 Å². The summed E-state index contributed by atoms with van der Waals surface area (Å²) in [5.74, 6) is -0.233. The standard InChI is InChI=1S/C13H12Cl2N4O/c14-10-4-1-5-11(15)13(10)18-12(20)8-16-7-9-3-2-6-17-19-9/h1-6,16H,7-8H2,(H,18,20). The number of aromatic nitrogens is 2. The fourth-order valence-electron chi connectivity index (χ4n) is 1.53.